The minimum atomic E-state index is -1.16. The Morgan fingerprint density at radius 2 is 2.44 bits per heavy atom. The molecule has 0 saturated heterocycles. The van der Waals surface area contributed by atoms with Gasteiger partial charge in [-0.1, -0.05) is 6.08 Å². The molecule has 4 nitrogen and oxygen atoms in total. The molecule has 0 aromatic heterocycles. The van der Waals surface area contributed by atoms with E-state index in [4.69, 9.17) is 10.6 Å². The van der Waals surface area contributed by atoms with Crippen LogP contribution in [0.1, 0.15) is 6.42 Å². The largest absolute Gasteiger partial charge is 0.473 e. The van der Waals surface area contributed by atoms with Gasteiger partial charge in [-0.2, -0.15) is 0 Å². The average molecular weight is 127 g/mol. The van der Waals surface area contributed by atoms with E-state index < -0.39 is 5.97 Å². The minimum absolute atomic E-state index is 0.138. The lowest BCUT2D eigenvalue weighted by molar-refractivity contribution is -0.149. The normalized spacial score (nSPS) is 7.56. The number of hydrogen-bond donors (Lipinski definition) is 2. The maximum Gasteiger partial charge on any atom is 0.428 e. The van der Waals surface area contributed by atoms with Gasteiger partial charge in [0.25, 0.3) is 0 Å². The molecule has 0 bridgehead atoms. The van der Waals surface area contributed by atoms with E-state index in [-0.39, 0.29) is 12.1 Å². The molecule has 0 saturated carbocycles. The van der Waals surface area contributed by atoms with Crippen LogP contribution in [0.4, 0.5) is 0 Å². The summed E-state index contributed by atoms with van der Waals surface area (Å²) < 4.78 is 0. The Morgan fingerprint density at radius 3 is 2.56 bits per heavy atom. The van der Waals surface area contributed by atoms with Gasteiger partial charge in [-0.3, -0.25) is 0 Å². The molecular weight excluding hydrogens is 120 g/mol. The third-order valence-electron chi connectivity index (χ3n) is 0.720. The van der Waals surface area contributed by atoms with Crippen molar-refractivity contribution in [1.82, 2.24) is 0 Å². The first-order valence-corrected chi connectivity index (χ1v) is 2.29. The molecule has 0 aliphatic rings. The second-order valence-electron chi connectivity index (χ2n) is 1.36. The summed E-state index contributed by atoms with van der Waals surface area (Å²) >= 11 is 0. The molecule has 0 unspecified atom stereocenters. The number of rotatable bonds is 3. The van der Waals surface area contributed by atoms with Gasteiger partial charge in [0, 0.05) is 0 Å². The highest BCUT2D eigenvalue weighted by Crippen LogP contribution is 1.81. The maximum atomic E-state index is 10.0. The predicted molar refractivity (Wildman–Crippen MR) is 30.4 cm³/mol. The summed E-state index contributed by atoms with van der Waals surface area (Å²) in [5, 5.41) is 8.21. The van der Waals surface area contributed by atoms with E-state index in [1.165, 1.54) is 6.08 Å². The highest BCUT2D eigenvalue weighted by Gasteiger charge is 2.18. The van der Waals surface area contributed by atoms with E-state index in [1.807, 2.05) is 0 Å². The standard InChI is InChI=1S/C5H6N2O2/c1-2-3-4(7-6)5(8)9/h2,6H,1,3H2/p+1. The fourth-order valence-electron chi connectivity index (χ4n) is 0.317. The van der Waals surface area contributed by atoms with Crippen molar-refractivity contribution < 1.29 is 14.7 Å². The van der Waals surface area contributed by atoms with Gasteiger partial charge in [0.2, 0.25) is 0 Å². The van der Waals surface area contributed by atoms with Crippen LogP contribution in [0.3, 0.4) is 0 Å². The van der Waals surface area contributed by atoms with Crippen molar-refractivity contribution in [1.29, 1.82) is 5.53 Å². The van der Waals surface area contributed by atoms with Crippen molar-refractivity contribution in [3.63, 3.8) is 0 Å². The van der Waals surface area contributed by atoms with E-state index >= 15 is 0 Å². The lowest BCUT2D eigenvalue weighted by Crippen LogP contribution is -2.12. The molecule has 0 aromatic carbocycles. The highest BCUT2D eigenvalue weighted by atomic mass is 16.4. The summed E-state index contributed by atoms with van der Waals surface area (Å²) in [6.07, 6.45) is 1.53. The van der Waals surface area contributed by atoms with Crippen LogP contribution in [0.2, 0.25) is 0 Å². The van der Waals surface area contributed by atoms with Crippen LogP contribution >= 0.6 is 0 Å². The van der Waals surface area contributed by atoms with Crippen LogP contribution < -0.4 is 0 Å². The number of carboxylic acid groups (broad SMARTS) is 1. The van der Waals surface area contributed by atoms with Crippen LogP contribution in [0.25, 0.3) is 0 Å². The zero-order chi connectivity index (χ0) is 7.28. The monoisotopic (exact) mass is 127 g/mol. The number of aliphatic carboxylic acids is 1. The number of nitrogens with zero attached hydrogens (tertiary/aromatic N) is 1. The van der Waals surface area contributed by atoms with Crippen molar-refractivity contribution in [3.8, 4) is 0 Å². The second kappa shape index (κ2) is 3.57. The maximum absolute atomic E-state index is 10.0. The first-order chi connectivity index (χ1) is 4.22. The Morgan fingerprint density at radius 1 is 1.89 bits per heavy atom. The highest BCUT2D eigenvalue weighted by molar-refractivity contribution is 6.33. The Kier molecular flexibility index (Phi) is 3.01. The molecule has 0 spiro atoms. The number of allylic oxidation sites excluding steroid dienone is 1. The molecule has 0 rings (SSSR count). The van der Waals surface area contributed by atoms with Gasteiger partial charge in [0.1, 0.15) is 0 Å². The summed E-state index contributed by atoms with van der Waals surface area (Å²) in [4.78, 5) is 12.8. The summed E-state index contributed by atoms with van der Waals surface area (Å²) in [5.41, 5.74) is 6.16. The van der Waals surface area contributed by atoms with Gasteiger partial charge in [-0.05, 0) is 0 Å². The van der Waals surface area contributed by atoms with E-state index in [2.05, 4.69) is 11.4 Å². The molecule has 2 N–H and O–H groups in total. The Labute approximate surface area is 52.0 Å². The third kappa shape index (κ3) is 2.41. The number of carbonyl (C=O) groups is 1. The first kappa shape index (κ1) is 7.59. The third-order valence-corrected chi connectivity index (χ3v) is 0.720. The Hall–Kier alpha value is -1.41. The second-order valence-corrected chi connectivity index (χ2v) is 1.36. The van der Waals surface area contributed by atoms with Crippen molar-refractivity contribution >= 4 is 11.7 Å². The van der Waals surface area contributed by atoms with Gasteiger partial charge >= 0.3 is 11.7 Å². The van der Waals surface area contributed by atoms with Crippen molar-refractivity contribution in [2.24, 2.45) is 0 Å². The lowest BCUT2D eigenvalue weighted by Gasteiger charge is -1.75. The quantitative estimate of drug-likeness (QED) is 0.248. The molecule has 0 aromatic rings. The van der Waals surface area contributed by atoms with E-state index in [0.29, 0.717) is 0 Å². The van der Waals surface area contributed by atoms with E-state index in [0.717, 1.165) is 0 Å². The van der Waals surface area contributed by atoms with Crippen LogP contribution in [-0.4, -0.2) is 21.6 Å². The number of carboxylic acids is 1. The molecule has 0 radical (unpaired) electrons. The topological polar surface area (TPSA) is 75.2 Å². The lowest BCUT2D eigenvalue weighted by atomic mass is 10.3. The minimum Gasteiger partial charge on any atom is -0.473 e. The summed E-state index contributed by atoms with van der Waals surface area (Å²) in [6.45, 7) is 3.30. The number of hydrogen-bond acceptors (Lipinski definition) is 2. The zero-order valence-electron chi connectivity index (χ0n) is 4.79. The van der Waals surface area contributed by atoms with Crippen LogP contribution in [0, 0.1) is 5.53 Å². The molecule has 0 aliphatic carbocycles. The van der Waals surface area contributed by atoms with Crippen LogP contribution in [0.15, 0.2) is 12.7 Å². The summed E-state index contributed by atoms with van der Waals surface area (Å²) in [6, 6.07) is 0. The van der Waals surface area contributed by atoms with Crippen LogP contribution in [0.5, 0.6) is 0 Å². The van der Waals surface area contributed by atoms with Gasteiger partial charge < -0.3 is 5.11 Å². The van der Waals surface area contributed by atoms with Crippen molar-refractivity contribution in [2.75, 3.05) is 0 Å². The molecular formula is C5H7N2O2+. The Bertz CT molecular complexity index is 179. The van der Waals surface area contributed by atoms with Gasteiger partial charge in [-0.15, -0.1) is 6.58 Å². The molecule has 0 aliphatic heterocycles. The predicted octanol–water partition coefficient (Wildman–Crippen LogP) is 0.327. The molecule has 4 heteroatoms. The summed E-state index contributed by atoms with van der Waals surface area (Å²) in [7, 11) is 0. The molecule has 0 amide bonds. The smallest absolute Gasteiger partial charge is 0.428 e. The Balaban J connectivity index is 4.18. The molecule has 9 heavy (non-hydrogen) atoms. The fourth-order valence-corrected chi connectivity index (χ4v) is 0.317. The number of nitrogens with one attached hydrogen (secondary N) is 1. The summed E-state index contributed by atoms with van der Waals surface area (Å²) in [5.74, 6) is -1.16. The molecule has 0 heterocycles. The van der Waals surface area contributed by atoms with Crippen LogP contribution in [-0.2, 0) is 4.79 Å². The fraction of sp³-hybridized carbons (Fsp3) is 0.200. The van der Waals surface area contributed by atoms with Gasteiger partial charge in [0.05, 0.1) is 16.7 Å². The average Bonchev–Trinajstić information content (AvgIpc) is 1.82. The molecule has 0 atom stereocenters. The first-order valence-electron chi connectivity index (χ1n) is 2.29. The van der Waals surface area contributed by atoms with E-state index in [1.54, 1.807) is 0 Å². The van der Waals surface area contributed by atoms with Gasteiger partial charge in [0.15, 0.2) is 0 Å². The van der Waals surface area contributed by atoms with Crippen molar-refractivity contribution in [2.45, 2.75) is 6.42 Å². The zero-order valence-corrected chi connectivity index (χ0v) is 4.79. The molecule has 0 fully saturated rings. The van der Waals surface area contributed by atoms with Crippen molar-refractivity contribution in [3.05, 3.63) is 12.7 Å². The SMILES string of the molecule is C=CCC(=[N+]=N)C(=O)O. The van der Waals surface area contributed by atoms with Gasteiger partial charge in [-0.25, -0.2) is 4.79 Å². The molecule has 48 valence electrons. The van der Waals surface area contributed by atoms with E-state index in [9.17, 15) is 4.79 Å².